The van der Waals surface area contributed by atoms with Crippen molar-refractivity contribution in [2.24, 2.45) is 0 Å². The largest absolute Gasteiger partial charge is 0.479 e. The Morgan fingerprint density at radius 2 is 2.44 bits per heavy atom. The minimum atomic E-state index is -0.854. The second-order valence-electron chi connectivity index (χ2n) is 4.48. The molecule has 1 aliphatic heterocycles. The van der Waals surface area contributed by atoms with Gasteiger partial charge in [0, 0.05) is 18.9 Å². The lowest BCUT2D eigenvalue weighted by atomic mass is 10.2. The molecule has 2 heterocycles. The minimum Gasteiger partial charge on any atom is -0.479 e. The van der Waals surface area contributed by atoms with Gasteiger partial charge in [0.15, 0.2) is 6.10 Å². The number of pyridine rings is 1. The van der Waals surface area contributed by atoms with Crippen LogP contribution in [0, 0.1) is 0 Å². The molecular formula is C13H18N2O3. The summed E-state index contributed by atoms with van der Waals surface area (Å²) in [5, 5.41) is 12.1. The maximum absolute atomic E-state index is 10.7. The summed E-state index contributed by atoms with van der Waals surface area (Å²) in [4.78, 5) is 14.8. The van der Waals surface area contributed by atoms with Gasteiger partial charge in [0.1, 0.15) is 0 Å². The number of aliphatic carboxylic acids is 1. The molecule has 2 atom stereocenters. The van der Waals surface area contributed by atoms with Crippen LogP contribution in [0.1, 0.15) is 18.4 Å². The molecule has 5 nitrogen and oxygen atoms in total. The van der Waals surface area contributed by atoms with Crippen molar-refractivity contribution < 1.29 is 14.6 Å². The standard InChI is InChI=1S/C13H18N2O3/c16-13(17)12-4-3-11(18-12)9-15-7-5-10-2-1-6-14-8-10/h1-2,6,8,11-12,15H,3-5,7,9H2,(H,16,17). The number of ether oxygens (including phenoxy) is 1. The Bertz CT molecular complexity index is 383. The molecule has 2 rings (SSSR count). The third-order valence-electron chi connectivity index (χ3n) is 3.07. The molecule has 1 fully saturated rings. The lowest BCUT2D eigenvalue weighted by molar-refractivity contribution is -0.149. The zero-order valence-electron chi connectivity index (χ0n) is 10.2. The fourth-order valence-corrected chi connectivity index (χ4v) is 2.08. The van der Waals surface area contributed by atoms with E-state index >= 15 is 0 Å². The van der Waals surface area contributed by atoms with Crippen molar-refractivity contribution in [3.05, 3.63) is 30.1 Å². The second-order valence-corrected chi connectivity index (χ2v) is 4.48. The summed E-state index contributed by atoms with van der Waals surface area (Å²) < 4.78 is 5.40. The molecule has 1 saturated heterocycles. The van der Waals surface area contributed by atoms with Crippen molar-refractivity contribution in [1.82, 2.24) is 10.3 Å². The average molecular weight is 250 g/mol. The molecule has 0 spiro atoms. The molecule has 0 saturated carbocycles. The average Bonchev–Trinajstić information content (AvgIpc) is 2.85. The first-order chi connectivity index (χ1) is 8.75. The highest BCUT2D eigenvalue weighted by Gasteiger charge is 2.29. The van der Waals surface area contributed by atoms with E-state index in [1.165, 1.54) is 5.56 Å². The highest BCUT2D eigenvalue weighted by molar-refractivity contribution is 5.72. The summed E-state index contributed by atoms with van der Waals surface area (Å²) in [5.74, 6) is -0.854. The van der Waals surface area contributed by atoms with Crippen LogP contribution in [0.15, 0.2) is 24.5 Å². The molecule has 18 heavy (non-hydrogen) atoms. The van der Waals surface area contributed by atoms with Gasteiger partial charge in [-0.1, -0.05) is 6.07 Å². The molecule has 5 heteroatoms. The second kappa shape index (κ2) is 6.47. The Morgan fingerprint density at radius 1 is 1.56 bits per heavy atom. The van der Waals surface area contributed by atoms with Gasteiger partial charge in [0.25, 0.3) is 0 Å². The SMILES string of the molecule is O=C(O)C1CCC(CNCCc2cccnc2)O1. The van der Waals surface area contributed by atoms with Crippen molar-refractivity contribution in [1.29, 1.82) is 0 Å². The Hall–Kier alpha value is -1.46. The van der Waals surface area contributed by atoms with Crippen molar-refractivity contribution in [3.63, 3.8) is 0 Å². The molecule has 0 aromatic carbocycles. The van der Waals surface area contributed by atoms with Gasteiger partial charge in [-0.05, 0) is 37.4 Å². The van der Waals surface area contributed by atoms with E-state index in [0.717, 1.165) is 19.4 Å². The minimum absolute atomic E-state index is 0.0278. The summed E-state index contributed by atoms with van der Waals surface area (Å²) in [6.07, 6.45) is 5.38. The number of carboxylic acids is 1. The fraction of sp³-hybridized carbons (Fsp3) is 0.538. The monoisotopic (exact) mass is 250 g/mol. The predicted molar refractivity (Wildman–Crippen MR) is 66.3 cm³/mol. The summed E-state index contributed by atoms with van der Waals surface area (Å²) >= 11 is 0. The maximum atomic E-state index is 10.7. The highest BCUT2D eigenvalue weighted by Crippen LogP contribution is 2.19. The van der Waals surface area contributed by atoms with Crippen LogP contribution >= 0.6 is 0 Å². The number of nitrogens with one attached hydrogen (secondary N) is 1. The summed E-state index contributed by atoms with van der Waals surface area (Å²) in [7, 11) is 0. The van der Waals surface area contributed by atoms with Gasteiger partial charge in [0.2, 0.25) is 0 Å². The summed E-state index contributed by atoms with van der Waals surface area (Å²) in [6, 6.07) is 3.97. The Kier molecular flexibility index (Phi) is 4.66. The van der Waals surface area contributed by atoms with E-state index in [0.29, 0.717) is 13.0 Å². The van der Waals surface area contributed by atoms with Gasteiger partial charge in [-0.15, -0.1) is 0 Å². The third kappa shape index (κ3) is 3.78. The van der Waals surface area contributed by atoms with E-state index < -0.39 is 12.1 Å². The summed E-state index contributed by atoms with van der Waals surface area (Å²) in [5.41, 5.74) is 1.20. The number of rotatable bonds is 6. The van der Waals surface area contributed by atoms with Crippen LogP contribution in [0.3, 0.4) is 0 Å². The first-order valence-corrected chi connectivity index (χ1v) is 6.23. The number of hydrogen-bond donors (Lipinski definition) is 2. The van der Waals surface area contributed by atoms with Gasteiger partial charge in [-0.2, -0.15) is 0 Å². The zero-order chi connectivity index (χ0) is 12.8. The fourth-order valence-electron chi connectivity index (χ4n) is 2.08. The van der Waals surface area contributed by atoms with E-state index in [9.17, 15) is 4.79 Å². The van der Waals surface area contributed by atoms with Gasteiger partial charge >= 0.3 is 5.97 Å². The molecule has 0 amide bonds. The van der Waals surface area contributed by atoms with Crippen molar-refractivity contribution >= 4 is 5.97 Å². The number of carboxylic acid groups (broad SMARTS) is 1. The first-order valence-electron chi connectivity index (χ1n) is 6.23. The predicted octanol–water partition coefficient (Wildman–Crippen LogP) is 0.846. The van der Waals surface area contributed by atoms with Gasteiger partial charge in [0.05, 0.1) is 6.10 Å². The van der Waals surface area contributed by atoms with E-state index in [4.69, 9.17) is 9.84 Å². The number of hydrogen-bond acceptors (Lipinski definition) is 4. The van der Waals surface area contributed by atoms with Crippen LogP contribution in [-0.2, 0) is 16.0 Å². The molecule has 98 valence electrons. The van der Waals surface area contributed by atoms with Crippen LogP contribution in [0.2, 0.25) is 0 Å². The van der Waals surface area contributed by atoms with Gasteiger partial charge < -0.3 is 15.2 Å². The topological polar surface area (TPSA) is 71.5 Å². The van der Waals surface area contributed by atoms with Crippen LogP contribution in [0.4, 0.5) is 0 Å². The highest BCUT2D eigenvalue weighted by atomic mass is 16.5. The molecule has 1 aromatic heterocycles. The number of carbonyl (C=O) groups is 1. The molecule has 2 N–H and O–H groups in total. The zero-order valence-corrected chi connectivity index (χ0v) is 10.2. The molecule has 0 radical (unpaired) electrons. The van der Waals surface area contributed by atoms with Crippen molar-refractivity contribution in [2.45, 2.75) is 31.5 Å². The lowest BCUT2D eigenvalue weighted by Crippen LogP contribution is -2.30. The normalized spacial score (nSPS) is 23.1. The van der Waals surface area contributed by atoms with Crippen LogP contribution in [-0.4, -0.2) is 41.4 Å². The van der Waals surface area contributed by atoms with Crippen molar-refractivity contribution in [3.8, 4) is 0 Å². The van der Waals surface area contributed by atoms with Gasteiger partial charge in [-0.25, -0.2) is 4.79 Å². The molecule has 1 aliphatic rings. The number of nitrogens with zero attached hydrogens (tertiary/aromatic N) is 1. The van der Waals surface area contributed by atoms with Crippen LogP contribution < -0.4 is 5.32 Å². The van der Waals surface area contributed by atoms with Crippen molar-refractivity contribution in [2.75, 3.05) is 13.1 Å². The van der Waals surface area contributed by atoms with Crippen LogP contribution in [0.5, 0.6) is 0 Å². The smallest absolute Gasteiger partial charge is 0.332 e. The molecular weight excluding hydrogens is 232 g/mol. The molecule has 1 aromatic rings. The maximum Gasteiger partial charge on any atom is 0.332 e. The third-order valence-corrected chi connectivity index (χ3v) is 3.07. The van der Waals surface area contributed by atoms with Gasteiger partial charge in [-0.3, -0.25) is 4.98 Å². The Balaban J connectivity index is 1.61. The van der Waals surface area contributed by atoms with E-state index in [1.54, 1.807) is 6.20 Å². The Morgan fingerprint density at radius 3 is 3.11 bits per heavy atom. The first kappa shape index (κ1) is 13.0. The molecule has 2 unspecified atom stereocenters. The Labute approximate surface area is 106 Å². The molecule has 0 aliphatic carbocycles. The van der Waals surface area contributed by atoms with E-state index in [-0.39, 0.29) is 6.10 Å². The van der Waals surface area contributed by atoms with E-state index in [1.807, 2.05) is 18.3 Å². The van der Waals surface area contributed by atoms with Crippen LogP contribution in [0.25, 0.3) is 0 Å². The quantitative estimate of drug-likeness (QED) is 0.732. The number of aromatic nitrogens is 1. The van der Waals surface area contributed by atoms with E-state index in [2.05, 4.69) is 10.3 Å². The lowest BCUT2D eigenvalue weighted by Gasteiger charge is -2.12. The summed E-state index contributed by atoms with van der Waals surface area (Å²) in [6.45, 7) is 1.56. The molecule has 0 bridgehead atoms.